The van der Waals surface area contributed by atoms with Crippen LogP contribution >= 0.6 is 23.4 Å². The Balaban J connectivity index is 1.81. The molecule has 1 fully saturated rings. The predicted molar refractivity (Wildman–Crippen MR) is 79.3 cm³/mol. The van der Waals surface area contributed by atoms with Gasteiger partial charge in [0.05, 0.1) is 6.61 Å². The van der Waals surface area contributed by atoms with E-state index in [1.54, 1.807) is 0 Å². The van der Waals surface area contributed by atoms with Gasteiger partial charge in [0, 0.05) is 28.1 Å². The summed E-state index contributed by atoms with van der Waals surface area (Å²) in [7, 11) is 0. The minimum Gasteiger partial charge on any atom is -0.394 e. The van der Waals surface area contributed by atoms with Crippen LogP contribution in [0.3, 0.4) is 0 Å². The molecule has 1 saturated carbocycles. The molecule has 1 aromatic rings. The van der Waals surface area contributed by atoms with Crippen LogP contribution in [0.2, 0.25) is 5.02 Å². The van der Waals surface area contributed by atoms with Gasteiger partial charge in [-0.1, -0.05) is 29.8 Å². The minimum absolute atomic E-state index is 0.174. The quantitative estimate of drug-likeness (QED) is 0.807. The maximum Gasteiger partial charge on any atom is 0.0618 e. The average molecular weight is 286 g/mol. The van der Waals surface area contributed by atoms with Crippen LogP contribution in [0, 0.1) is 0 Å². The lowest BCUT2D eigenvalue weighted by Gasteiger charge is -2.28. The molecule has 4 heteroatoms. The Labute approximate surface area is 118 Å². The molecule has 1 atom stereocenters. The molecule has 1 unspecified atom stereocenters. The lowest BCUT2D eigenvalue weighted by molar-refractivity contribution is 0.190. The standard InChI is InChI=1S/C14H20ClNOS/c1-14(9-17,16-12-6-7-12)10-18-8-11-4-2-3-5-13(11)15/h2-5,12,16-17H,6-10H2,1H3. The van der Waals surface area contributed by atoms with Crippen molar-refractivity contribution in [3.63, 3.8) is 0 Å². The summed E-state index contributed by atoms with van der Waals surface area (Å²) in [5, 5.41) is 13.9. The van der Waals surface area contributed by atoms with E-state index >= 15 is 0 Å². The van der Waals surface area contributed by atoms with Gasteiger partial charge in [-0.3, -0.25) is 0 Å². The number of aliphatic hydroxyl groups is 1. The number of benzene rings is 1. The van der Waals surface area contributed by atoms with Crippen molar-refractivity contribution in [2.24, 2.45) is 0 Å². The highest BCUT2D eigenvalue weighted by molar-refractivity contribution is 7.98. The van der Waals surface area contributed by atoms with E-state index in [0.29, 0.717) is 6.04 Å². The van der Waals surface area contributed by atoms with Crippen molar-refractivity contribution >= 4 is 23.4 Å². The molecule has 0 saturated heterocycles. The summed E-state index contributed by atoms with van der Waals surface area (Å²) >= 11 is 7.94. The second-order valence-electron chi connectivity index (χ2n) is 5.22. The third-order valence-electron chi connectivity index (χ3n) is 3.11. The second-order valence-corrected chi connectivity index (χ2v) is 6.61. The fourth-order valence-corrected chi connectivity index (χ4v) is 3.34. The van der Waals surface area contributed by atoms with E-state index in [1.165, 1.54) is 12.8 Å². The molecular weight excluding hydrogens is 266 g/mol. The molecule has 0 amide bonds. The van der Waals surface area contributed by atoms with Crippen molar-refractivity contribution in [3.8, 4) is 0 Å². The van der Waals surface area contributed by atoms with Gasteiger partial charge in [-0.25, -0.2) is 0 Å². The fourth-order valence-electron chi connectivity index (χ4n) is 1.86. The first-order chi connectivity index (χ1) is 8.63. The van der Waals surface area contributed by atoms with Gasteiger partial charge in [-0.15, -0.1) is 0 Å². The zero-order valence-electron chi connectivity index (χ0n) is 10.7. The number of hydrogen-bond acceptors (Lipinski definition) is 3. The van der Waals surface area contributed by atoms with E-state index in [9.17, 15) is 5.11 Å². The summed E-state index contributed by atoms with van der Waals surface area (Å²) in [4.78, 5) is 0. The second kappa shape index (κ2) is 6.29. The number of thioether (sulfide) groups is 1. The van der Waals surface area contributed by atoms with Crippen LogP contribution < -0.4 is 5.32 Å². The van der Waals surface area contributed by atoms with Gasteiger partial charge in [0.25, 0.3) is 0 Å². The van der Waals surface area contributed by atoms with Crippen molar-refractivity contribution in [1.82, 2.24) is 5.32 Å². The average Bonchev–Trinajstić information content (AvgIpc) is 3.15. The fraction of sp³-hybridized carbons (Fsp3) is 0.571. The molecule has 1 aliphatic rings. The van der Waals surface area contributed by atoms with Gasteiger partial charge in [-0.2, -0.15) is 11.8 Å². The Morgan fingerprint density at radius 1 is 1.44 bits per heavy atom. The van der Waals surface area contributed by atoms with Gasteiger partial charge in [0.1, 0.15) is 0 Å². The van der Waals surface area contributed by atoms with Crippen molar-refractivity contribution in [2.75, 3.05) is 12.4 Å². The van der Waals surface area contributed by atoms with Gasteiger partial charge in [-0.05, 0) is 31.4 Å². The summed E-state index contributed by atoms with van der Waals surface area (Å²) in [6, 6.07) is 8.55. The Bertz CT molecular complexity index is 397. The highest BCUT2D eigenvalue weighted by Gasteiger charge is 2.31. The van der Waals surface area contributed by atoms with Crippen molar-refractivity contribution < 1.29 is 5.11 Å². The van der Waals surface area contributed by atoms with Crippen LogP contribution in [-0.4, -0.2) is 29.0 Å². The maximum atomic E-state index is 9.51. The maximum absolute atomic E-state index is 9.51. The predicted octanol–water partition coefficient (Wildman–Crippen LogP) is 3.08. The van der Waals surface area contributed by atoms with Gasteiger partial charge in [0.2, 0.25) is 0 Å². The zero-order valence-corrected chi connectivity index (χ0v) is 12.2. The molecule has 100 valence electrons. The molecule has 2 nitrogen and oxygen atoms in total. The number of nitrogens with one attached hydrogen (secondary N) is 1. The van der Waals surface area contributed by atoms with E-state index in [1.807, 2.05) is 30.0 Å². The Morgan fingerprint density at radius 3 is 2.78 bits per heavy atom. The summed E-state index contributed by atoms with van der Waals surface area (Å²) in [5.41, 5.74) is 0.989. The van der Waals surface area contributed by atoms with Gasteiger partial charge in [0.15, 0.2) is 0 Å². The molecule has 2 N–H and O–H groups in total. The smallest absolute Gasteiger partial charge is 0.0618 e. The summed E-state index contributed by atoms with van der Waals surface area (Å²) in [5.74, 6) is 1.78. The van der Waals surface area contributed by atoms with E-state index in [-0.39, 0.29) is 12.1 Å². The zero-order chi connectivity index (χ0) is 13.0. The molecule has 2 rings (SSSR count). The summed E-state index contributed by atoms with van der Waals surface area (Å²) in [6.07, 6.45) is 2.48. The SMILES string of the molecule is CC(CO)(CSCc1ccccc1Cl)NC1CC1. The molecule has 0 radical (unpaired) electrons. The van der Waals surface area contributed by atoms with Crippen molar-refractivity contribution in [3.05, 3.63) is 34.9 Å². The summed E-state index contributed by atoms with van der Waals surface area (Å²) in [6.45, 7) is 2.27. The first-order valence-corrected chi connectivity index (χ1v) is 7.86. The Kier molecular flexibility index (Phi) is 4.96. The molecular formula is C14H20ClNOS. The molecule has 0 spiro atoms. The van der Waals surface area contributed by atoms with E-state index in [0.717, 1.165) is 22.1 Å². The molecule has 0 aromatic heterocycles. The van der Waals surface area contributed by atoms with Crippen LogP contribution in [0.15, 0.2) is 24.3 Å². The van der Waals surface area contributed by atoms with Crippen molar-refractivity contribution in [1.29, 1.82) is 0 Å². The van der Waals surface area contributed by atoms with Crippen LogP contribution in [0.1, 0.15) is 25.3 Å². The number of rotatable bonds is 7. The Hall–Kier alpha value is -0.220. The third-order valence-corrected chi connectivity index (χ3v) is 4.84. The number of halogens is 1. The topological polar surface area (TPSA) is 32.3 Å². The highest BCUT2D eigenvalue weighted by atomic mass is 35.5. The normalized spacial score (nSPS) is 18.6. The van der Waals surface area contributed by atoms with Crippen LogP contribution in [0.4, 0.5) is 0 Å². The number of aliphatic hydroxyl groups excluding tert-OH is 1. The first-order valence-electron chi connectivity index (χ1n) is 6.33. The monoisotopic (exact) mass is 285 g/mol. The first kappa shape index (κ1) is 14.2. The molecule has 1 aromatic carbocycles. The van der Waals surface area contributed by atoms with E-state index < -0.39 is 0 Å². The largest absolute Gasteiger partial charge is 0.394 e. The van der Waals surface area contributed by atoms with Gasteiger partial charge >= 0.3 is 0 Å². The van der Waals surface area contributed by atoms with Crippen molar-refractivity contribution in [2.45, 2.75) is 37.1 Å². The lowest BCUT2D eigenvalue weighted by atomic mass is 10.1. The number of hydrogen-bond donors (Lipinski definition) is 2. The molecule has 18 heavy (non-hydrogen) atoms. The molecule has 0 heterocycles. The van der Waals surface area contributed by atoms with Gasteiger partial charge < -0.3 is 10.4 Å². The third kappa shape index (κ3) is 4.16. The van der Waals surface area contributed by atoms with E-state index in [4.69, 9.17) is 11.6 Å². The minimum atomic E-state index is -0.174. The molecule has 0 bridgehead atoms. The van der Waals surface area contributed by atoms with E-state index in [2.05, 4.69) is 18.3 Å². The molecule has 0 aliphatic heterocycles. The van der Waals surface area contributed by atoms with Crippen LogP contribution in [-0.2, 0) is 5.75 Å². The lowest BCUT2D eigenvalue weighted by Crippen LogP contribution is -2.49. The Morgan fingerprint density at radius 2 is 2.17 bits per heavy atom. The highest BCUT2D eigenvalue weighted by Crippen LogP contribution is 2.26. The molecule has 1 aliphatic carbocycles. The summed E-state index contributed by atoms with van der Waals surface area (Å²) < 4.78 is 0. The van der Waals surface area contributed by atoms with Crippen LogP contribution in [0.5, 0.6) is 0 Å². The van der Waals surface area contributed by atoms with Crippen LogP contribution in [0.25, 0.3) is 0 Å².